The highest BCUT2D eigenvalue weighted by molar-refractivity contribution is 5.89. The molecule has 3 N–H and O–H groups in total. The molecule has 0 saturated heterocycles. The fraction of sp³-hybridized carbons (Fsp3) is 0.143. The van der Waals surface area contributed by atoms with Crippen molar-refractivity contribution >= 4 is 11.8 Å². The number of aromatic nitrogens is 4. The Morgan fingerprint density at radius 1 is 1.27 bits per heavy atom. The Hall–Kier alpha value is -3.16. The molecule has 112 valence electrons. The van der Waals surface area contributed by atoms with Crippen molar-refractivity contribution in [1.29, 1.82) is 0 Å². The minimum Gasteiger partial charge on any atom is -0.351 e. The Kier molecular flexibility index (Phi) is 3.34. The molecule has 8 heteroatoms. The number of primary amides is 1. The molecule has 3 rings (SSSR count). The quantitative estimate of drug-likeness (QED) is 0.768. The van der Waals surface area contributed by atoms with Gasteiger partial charge in [-0.2, -0.15) is 10.1 Å². The molecule has 0 unspecified atom stereocenters. The number of para-hydroxylation sites is 1. The van der Waals surface area contributed by atoms with Gasteiger partial charge in [0.1, 0.15) is 5.82 Å². The fourth-order valence-corrected chi connectivity index (χ4v) is 2.11. The van der Waals surface area contributed by atoms with Gasteiger partial charge in [0.25, 0.3) is 5.89 Å². The van der Waals surface area contributed by atoms with Crippen molar-refractivity contribution in [1.82, 2.24) is 19.9 Å². The summed E-state index contributed by atoms with van der Waals surface area (Å²) < 4.78 is 6.74. The first-order chi connectivity index (χ1) is 10.6. The van der Waals surface area contributed by atoms with E-state index in [9.17, 15) is 4.79 Å². The maximum Gasteiger partial charge on any atom is 0.317 e. The van der Waals surface area contributed by atoms with Crippen LogP contribution in [0.5, 0.6) is 0 Å². The molecule has 0 spiro atoms. The van der Waals surface area contributed by atoms with E-state index < -0.39 is 6.03 Å². The van der Waals surface area contributed by atoms with Crippen molar-refractivity contribution in [2.45, 2.75) is 13.8 Å². The topological polar surface area (TPSA) is 112 Å². The first-order valence-electron chi connectivity index (χ1n) is 6.58. The molecule has 2 amide bonds. The molecule has 8 nitrogen and oxygen atoms in total. The lowest BCUT2D eigenvalue weighted by molar-refractivity contribution is 0.259. The highest BCUT2D eigenvalue weighted by atomic mass is 16.5. The average molecular weight is 298 g/mol. The van der Waals surface area contributed by atoms with Gasteiger partial charge >= 0.3 is 6.03 Å². The van der Waals surface area contributed by atoms with E-state index in [4.69, 9.17) is 10.3 Å². The van der Waals surface area contributed by atoms with Crippen molar-refractivity contribution in [3.63, 3.8) is 0 Å². The van der Waals surface area contributed by atoms with Gasteiger partial charge in [-0.05, 0) is 26.0 Å². The van der Waals surface area contributed by atoms with Crippen LogP contribution < -0.4 is 11.1 Å². The van der Waals surface area contributed by atoms with E-state index in [-0.39, 0.29) is 5.89 Å². The Morgan fingerprint density at radius 3 is 2.59 bits per heavy atom. The van der Waals surface area contributed by atoms with Gasteiger partial charge in [0.15, 0.2) is 11.5 Å². The number of anilines is 1. The SMILES string of the molecule is Cc1noc(-c2nn(-c3ccccc3)c(NC(N)=O)c2C)n1. The lowest BCUT2D eigenvalue weighted by Gasteiger charge is -2.07. The van der Waals surface area contributed by atoms with E-state index >= 15 is 0 Å². The zero-order chi connectivity index (χ0) is 15.7. The normalized spacial score (nSPS) is 10.6. The lowest BCUT2D eigenvalue weighted by atomic mass is 10.2. The van der Waals surface area contributed by atoms with Gasteiger partial charge in [-0.1, -0.05) is 23.4 Å². The smallest absolute Gasteiger partial charge is 0.317 e. The third-order valence-corrected chi connectivity index (χ3v) is 3.09. The molecule has 3 aromatic rings. The summed E-state index contributed by atoms with van der Waals surface area (Å²) in [6.45, 7) is 3.52. The number of hydrogen-bond acceptors (Lipinski definition) is 5. The number of carbonyl (C=O) groups excluding carboxylic acids is 1. The third-order valence-electron chi connectivity index (χ3n) is 3.09. The second-order valence-corrected chi connectivity index (χ2v) is 4.71. The predicted molar refractivity (Wildman–Crippen MR) is 79.5 cm³/mol. The molecular weight excluding hydrogens is 284 g/mol. The van der Waals surface area contributed by atoms with E-state index in [1.807, 2.05) is 30.3 Å². The molecule has 22 heavy (non-hydrogen) atoms. The van der Waals surface area contributed by atoms with E-state index in [1.54, 1.807) is 18.5 Å². The predicted octanol–water partition coefficient (Wildman–Crippen LogP) is 2.03. The van der Waals surface area contributed by atoms with Crippen LogP contribution in [0.15, 0.2) is 34.9 Å². The lowest BCUT2D eigenvalue weighted by Crippen LogP contribution is -2.21. The number of rotatable bonds is 3. The van der Waals surface area contributed by atoms with Crippen molar-refractivity contribution in [3.8, 4) is 17.3 Å². The first-order valence-corrected chi connectivity index (χ1v) is 6.58. The average Bonchev–Trinajstić information content (AvgIpc) is 3.05. The molecule has 0 radical (unpaired) electrons. The van der Waals surface area contributed by atoms with Crippen LogP contribution in [-0.2, 0) is 0 Å². The van der Waals surface area contributed by atoms with Gasteiger partial charge in [-0.3, -0.25) is 5.32 Å². The zero-order valence-corrected chi connectivity index (χ0v) is 12.1. The largest absolute Gasteiger partial charge is 0.351 e. The molecule has 0 aliphatic heterocycles. The Labute approximate surface area is 125 Å². The highest BCUT2D eigenvalue weighted by Gasteiger charge is 2.21. The van der Waals surface area contributed by atoms with E-state index in [2.05, 4.69) is 20.6 Å². The fourth-order valence-electron chi connectivity index (χ4n) is 2.11. The van der Waals surface area contributed by atoms with E-state index in [0.29, 0.717) is 22.9 Å². The van der Waals surface area contributed by atoms with Gasteiger partial charge in [-0.15, -0.1) is 0 Å². The van der Waals surface area contributed by atoms with Crippen LogP contribution in [0.3, 0.4) is 0 Å². The van der Waals surface area contributed by atoms with Gasteiger partial charge < -0.3 is 10.3 Å². The van der Waals surface area contributed by atoms with Crippen LogP contribution in [0, 0.1) is 13.8 Å². The van der Waals surface area contributed by atoms with Crippen LogP contribution in [-0.4, -0.2) is 26.0 Å². The summed E-state index contributed by atoms with van der Waals surface area (Å²) in [5.41, 5.74) is 7.20. The summed E-state index contributed by atoms with van der Waals surface area (Å²) in [5, 5.41) is 10.8. The van der Waals surface area contributed by atoms with Crippen LogP contribution >= 0.6 is 0 Å². The number of aryl methyl sites for hydroxylation is 1. The molecule has 2 aromatic heterocycles. The van der Waals surface area contributed by atoms with Gasteiger partial charge in [0.05, 0.1) is 5.69 Å². The van der Waals surface area contributed by atoms with Crippen molar-refractivity contribution < 1.29 is 9.32 Å². The molecule has 1 aromatic carbocycles. The number of benzene rings is 1. The second-order valence-electron chi connectivity index (χ2n) is 4.71. The molecule has 0 aliphatic rings. The minimum atomic E-state index is -0.673. The summed E-state index contributed by atoms with van der Waals surface area (Å²) in [4.78, 5) is 15.4. The van der Waals surface area contributed by atoms with E-state index in [1.165, 1.54) is 0 Å². The summed E-state index contributed by atoms with van der Waals surface area (Å²) in [6, 6.07) is 8.69. The number of urea groups is 1. The number of nitrogens with one attached hydrogen (secondary N) is 1. The molecule has 0 bridgehead atoms. The van der Waals surface area contributed by atoms with Crippen LogP contribution in [0.2, 0.25) is 0 Å². The second kappa shape index (κ2) is 5.32. The van der Waals surface area contributed by atoms with Crippen molar-refractivity contribution in [2.24, 2.45) is 5.73 Å². The number of nitrogens with two attached hydrogens (primary N) is 1. The number of carbonyl (C=O) groups is 1. The minimum absolute atomic E-state index is 0.289. The molecule has 0 fully saturated rings. The molecule has 0 atom stereocenters. The Balaban J connectivity index is 2.18. The summed E-state index contributed by atoms with van der Waals surface area (Å²) >= 11 is 0. The summed E-state index contributed by atoms with van der Waals surface area (Å²) in [7, 11) is 0. The van der Waals surface area contributed by atoms with Crippen LogP contribution in [0.1, 0.15) is 11.4 Å². The van der Waals surface area contributed by atoms with Crippen LogP contribution in [0.25, 0.3) is 17.3 Å². The number of nitrogens with zero attached hydrogens (tertiary/aromatic N) is 4. The van der Waals surface area contributed by atoms with E-state index in [0.717, 1.165) is 5.69 Å². The van der Waals surface area contributed by atoms with Crippen molar-refractivity contribution in [2.75, 3.05) is 5.32 Å². The molecule has 2 heterocycles. The van der Waals surface area contributed by atoms with Gasteiger partial charge in [0.2, 0.25) is 0 Å². The zero-order valence-electron chi connectivity index (χ0n) is 12.1. The Bertz CT molecular complexity index is 821. The monoisotopic (exact) mass is 298 g/mol. The molecule has 0 saturated carbocycles. The van der Waals surface area contributed by atoms with Crippen LogP contribution in [0.4, 0.5) is 10.6 Å². The number of hydrogen-bond donors (Lipinski definition) is 2. The summed E-state index contributed by atoms with van der Waals surface area (Å²) in [5.74, 6) is 1.26. The maximum atomic E-state index is 11.3. The molecule has 0 aliphatic carbocycles. The maximum absolute atomic E-state index is 11.3. The van der Waals surface area contributed by atoms with Gasteiger partial charge in [0, 0.05) is 5.56 Å². The van der Waals surface area contributed by atoms with Gasteiger partial charge in [-0.25, -0.2) is 9.48 Å². The number of amides is 2. The first kappa shape index (κ1) is 13.8. The van der Waals surface area contributed by atoms with Crippen molar-refractivity contribution in [3.05, 3.63) is 41.7 Å². The molecular formula is C14H14N6O2. The standard InChI is InChI=1S/C14H14N6O2/c1-8-11(13-16-9(2)19-22-13)18-20(12(8)17-14(15)21)10-6-4-3-5-7-10/h3-7H,1-2H3,(H3,15,17,21). The Morgan fingerprint density at radius 2 is 2.00 bits per heavy atom. The highest BCUT2D eigenvalue weighted by Crippen LogP contribution is 2.29. The summed E-state index contributed by atoms with van der Waals surface area (Å²) in [6.07, 6.45) is 0. The third kappa shape index (κ3) is 2.41.